The van der Waals surface area contributed by atoms with E-state index in [1.807, 2.05) is 13.0 Å². The molecule has 1 atom stereocenters. The van der Waals surface area contributed by atoms with Crippen molar-refractivity contribution < 1.29 is 4.79 Å². The van der Waals surface area contributed by atoms with Gasteiger partial charge >= 0.3 is 5.69 Å². The summed E-state index contributed by atoms with van der Waals surface area (Å²) in [7, 11) is 0. The zero-order valence-electron chi connectivity index (χ0n) is 16.7. The first-order chi connectivity index (χ1) is 12.9. The molecule has 1 heterocycles. The molecule has 1 aliphatic carbocycles. The smallest absolute Gasteiger partial charge is 0.330 e. The van der Waals surface area contributed by atoms with Crippen LogP contribution in [0, 0.1) is 11.8 Å². The van der Waals surface area contributed by atoms with E-state index >= 15 is 0 Å². The van der Waals surface area contributed by atoms with Crippen molar-refractivity contribution in [3.8, 4) is 0 Å². The highest BCUT2D eigenvalue weighted by atomic mass is 16.2. The molecule has 7 nitrogen and oxygen atoms in total. The number of carbonyl (C=O) groups excluding carboxylic acids is 1. The van der Waals surface area contributed by atoms with Crippen LogP contribution in [0.1, 0.15) is 59.3 Å². The van der Waals surface area contributed by atoms with Gasteiger partial charge in [0.25, 0.3) is 5.56 Å². The highest BCUT2D eigenvalue weighted by molar-refractivity contribution is 5.97. The molecule has 1 aromatic heterocycles. The topological polar surface area (TPSA) is 101 Å². The third kappa shape index (κ3) is 5.11. The number of rotatable bonds is 8. The van der Waals surface area contributed by atoms with Crippen LogP contribution in [0.3, 0.4) is 0 Å². The first-order valence-electron chi connectivity index (χ1n) is 9.95. The van der Waals surface area contributed by atoms with Crippen molar-refractivity contribution in [2.75, 3.05) is 17.2 Å². The van der Waals surface area contributed by atoms with Gasteiger partial charge in [-0.3, -0.25) is 19.1 Å². The molecule has 27 heavy (non-hydrogen) atoms. The molecule has 0 saturated heterocycles. The summed E-state index contributed by atoms with van der Waals surface area (Å²) in [6.45, 7) is 6.99. The van der Waals surface area contributed by atoms with Crippen LogP contribution in [0.15, 0.2) is 21.7 Å². The van der Waals surface area contributed by atoms with Crippen LogP contribution in [0.5, 0.6) is 0 Å². The van der Waals surface area contributed by atoms with Crippen molar-refractivity contribution in [2.24, 2.45) is 11.8 Å². The zero-order chi connectivity index (χ0) is 20.0. The Balaban J connectivity index is 2.47. The van der Waals surface area contributed by atoms with Crippen LogP contribution in [-0.4, -0.2) is 22.0 Å². The predicted molar refractivity (Wildman–Crippen MR) is 109 cm³/mol. The average Bonchev–Trinajstić information content (AvgIpc) is 2.64. The van der Waals surface area contributed by atoms with E-state index in [4.69, 9.17) is 5.73 Å². The molecule has 0 radical (unpaired) electrons. The maximum absolute atomic E-state index is 13.2. The van der Waals surface area contributed by atoms with E-state index in [0.29, 0.717) is 25.4 Å². The van der Waals surface area contributed by atoms with E-state index in [9.17, 15) is 14.4 Å². The Morgan fingerprint density at radius 2 is 2.11 bits per heavy atom. The molecule has 0 aliphatic heterocycles. The lowest BCUT2D eigenvalue weighted by molar-refractivity contribution is -0.122. The summed E-state index contributed by atoms with van der Waals surface area (Å²) in [4.78, 5) is 41.9. The van der Waals surface area contributed by atoms with Crippen LogP contribution >= 0.6 is 0 Å². The summed E-state index contributed by atoms with van der Waals surface area (Å²) in [5, 5.41) is 0. The first-order valence-corrected chi connectivity index (χ1v) is 9.95. The Hall–Kier alpha value is -2.31. The lowest BCUT2D eigenvalue weighted by Gasteiger charge is -2.29. The second-order valence-electron chi connectivity index (χ2n) is 7.65. The van der Waals surface area contributed by atoms with Crippen LogP contribution in [-0.2, 0) is 11.3 Å². The summed E-state index contributed by atoms with van der Waals surface area (Å²) < 4.78 is 1.37. The van der Waals surface area contributed by atoms with Gasteiger partial charge in [-0.25, -0.2) is 4.79 Å². The van der Waals surface area contributed by atoms with Gasteiger partial charge in [-0.2, -0.15) is 0 Å². The number of allylic oxidation sites excluding steroid dienone is 2. The fourth-order valence-corrected chi connectivity index (χ4v) is 3.33. The van der Waals surface area contributed by atoms with E-state index in [2.05, 4.69) is 24.9 Å². The highest BCUT2D eigenvalue weighted by Gasteiger charge is 2.29. The molecule has 0 saturated carbocycles. The summed E-state index contributed by atoms with van der Waals surface area (Å²) >= 11 is 0. The molecule has 0 fully saturated rings. The molecule has 150 valence electrons. The second kappa shape index (κ2) is 9.58. The monoisotopic (exact) mass is 376 g/mol. The van der Waals surface area contributed by atoms with E-state index in [1.165, 1.54) is 9.47 Å². The van der Waals surface area contributed by atoms with Gasteiger partial charge in [0.05, 0.1) is 0 Å². The lowest BCUT2D eigenvalue weighted by atomic mass is 9.92. The molecule has 7 heteroatoms. The molecule has 1 aliphatic rings. The fourth-order valence-electron chi connectivity index (χ4n) is 3.33. The van der Waals surface area contributed by atoms with Gasteiger partial charge in [0, 0.05) is 19.0 Å². The number of aromatic nitrogens is 2. The molecular formula is C20H32N4O3. The van der Waals surface area contributed by atoms with Gasteiger partial charge in [-0.1, -0.05) is 39.3 Å². The highest BCUT2D eigenvalue weighted by Crippen LogP contribution is 2.26. The number of amides is 1. The third-order valence-electron chi connectivity index (χ3n) is 5.03. The summed E-state index contributed by atoms with van der Waals surface area (Å²) in [6, 6.07) is 0. The van der Waals surface area contributed by atoms with Gasteiger partial charge in [0.1, 0.15) is 5.82 Å². The molecule has 1 aromatic rings. The summed E-state index contributed by atoms with van der Waals surface area (Å²) in [5.41, 5.74) is 5.24. The zero-order valence-corrected chi connectivity index (χ0v) is 16.7. The van der Waals surface area contributed by atoms with Crippen LogP contribution in [0.2, 0.25) is 0 Å². The molecular weight excluding hydrogens is 344 g/mol. The van der Waals surface area contributed by atoms with Crippen molar-refractivity contribution in [3.63, 3.8) is 0 Å². The number of nitrogens with zero attached hydrogens (tertiary/aromatic N) is 2. The second-order valence-corrected chi connectivity index (χ2v) is 7.65. The Kier molecular flexibility index (Phi) is 7.45. The SMILES string of the molecule is CCCCn1c(N)c(N(CCC(C)C)C(=O)C2CC=CCC2)c(=O)[nH]c1=O. The summed E-state index contributed by atoms with van der Waals surface area (Å²) in [6.07, 6.45) is 8.80. The van der Waals surface area contributed by atoms with Crippen molar-refractivity contribution in [1.29, 1.82) is 0 Å². The number of H-pyrrole nitrogens is 1. The predicted octanol–water partition coefficient (Wildman–Crippen LogP) is 2.65. The largest absolute Gasteiger partial charge is 0.383 e. The minimum atomic E-state index is -0.589. The van der Waals surface area contributed by atoms with Crippen molar-refractivity contribution in [3.05, 3.63) is 33.0 Å². The Morgan fingerprint density at radius 1 is 1.37 bits per heavy atom. The normalized spacial score (nSPS) is 16.7. The van der Waals surface area contributed by atoms with Crippen molar-refractivity contribution in [2.45, 2.75) is 65.8 Å². The Labute approximate surface area is 160 Å². The Morgan fingerprint density at radius 3 is 2.70 bits per heavy atom. The standard InChI is InChI=1S/C20H32N4O3/c1-4-5-12-24-17(21)16(18(25)22-20(24)27)23(13-11-14(2)3)19(26)15-9-7-6-8-10-15/h6-7,14-15H,4-5,8-13,21H2,1-3H3,(H,22,25,27). The number of nitrogens with two attached hydrogens (primary N) is 1. The molecule has 2 rings (SSSR count). The van der Waals surface area contributed by atoms with Crippen LogP contribution < -0.4 is 21.9 Å². The molecule has 1 amide bonds. The number of hydrogen-bond donors (Lipinski definition) is 2. The summed E-state index contributed by atoms with van der Waals surface area (Å²) in [5.74, 6) is 0.216. The van der Waals surface area contributed by atoms with Crippen molar-refractivity contribution >= 4 is 17.4 Å². The minimum absolute atomic E-state index is 0.0839. The molecule has 0 aromatic carbocycles. The quantitative estimate of drug-likeness (QED) is 0.681. The number of carbonyl (C=O) groups is 1. The maximum Gasteiger partial charge on any atom is 0.330 e. The van der Waals surface area contributed by atoms with Gasteiger partial charge in [-0.05, 0) is 38.0 Å². The molecule has 1 unspecified atom stereocenters. The van der Waals surface area contributed by atoms with Gasteiger partial charge in [-0.15, -0.1) is 0 Å². The first kappa shape index (κ1) is 21.0. The minimum Gasteiger partial charge on any atom is -0.383 e. The van der Waals surface area contributed by atoms with Crippen LogP contribution in [0.4, 0.5) is 11.5 Å². The number of nitrogens with one attached hydrogen (secondary N) is 1. The van der Waals surface area contributed by atoms with Crippen molar-refractivity contribution in [1.82, 2.24) is 9.55 Å². The van der Waals surface area contributed by atoms with E-state index in [-0.39, 0.29) is 23.3 Å². The van der Waals surface area contributed by atoms with E-state index in [1.54, 1.807) is 0 Å². The Bertz CT molecular complexity index is 791. The number of anilines is 2. The van der Waals surface area contributed by atoms with Gasteiger partial charge in [0.15, 0.2) is 5.69 Å². The molecule has 0 bridgehead atoms. The lowest BCUT2D eigenvalue weighted by Crippen LogP contribution is -2.44. The number of aromatic amines is 1. The number of nitrogen functional groups attached to an aromatic ring is 1. The van der Waals surface area contributed by atoms with Gasteiger partial charge in [0.2, 0.25) is 5.91 Å². The van der Waals surface area contributed by atoms with E-state index < -0.39 is 11.2 Å². The number of unbranched alkanes of at least 4 members (excludes halogenated alkanes) is 1. The third-order valence-corrected chi connectivity index (χ3v) is 5.03. The fraction of sp³-hybridized carbons (Fsp3) is 0.650. The molecule has 0 spiro atoms. The average molecular weight is 377 g/mol. The van der Waals surface area contributed by atoms with E-state index in [0.717, 1.165) is 32.1 Å². The maximum atomic E-state index is 13.2. The molecule has 3 N–H and O–H groups in total. The van der Waals surface area contributed by atoms with Crippen LogP contribution in [0.25, 0.3) is 0 Å². The van der Waals surface area contributed by atoms with Gasteiger partial charge < -0.3 is 10.6 Å². The number of hydrogen-bond acceptors (Lipinski definition) is 4.